The molecule has 0 spiro atoms. The van der Waals surface area contributed by atoms with Crippen LogP contribution in [0.5, 0.6) is 0 Å². The number of β-amino-alcohol motifs (C(OH)–C–C–N with tert-alkyl or cyclic N) is 2. The van der Waals surface area contributed by atoms with E-state index >= 15 is 0 Å². The summed E-state index contributed by atoms with van der Waals surface area (Å²) in [7, 11) is 0. The van der Waals surface area contributed by atoms with Gasteiger partial charge in [0, 0.05) is 75.8 Å². The highest BCUT2D eigenvalue weighted by Gasteiger charge is 2.51. The summed E-state index contributed by atoms with van der Waals surface area (Å²) in [6, 6.07) is 1.28. The van der Waals surface area contributed by atoms with Gasteiger partial charge in [-0.05, 0) is 149 Å². The number of amides is 17. The van der Waals surface area contributed by atoms with Gasteiger partial charge in [0.05, 0.1) is 31.0 Å². The Hall–Kier alpha value is -11.7. The number of carbonyl (C=O) groups excluding carboxylic acids is 17. The molecular formula is C90H138N18O23. The average Bonchev–Trinajstić information content (AvgIpc) is 1.67. The number of primary amides is 1. The lowest BCUT2D eigenvalue weighted by atomic mass is 9.92. The summed E-state index contributed by atoms with van der Waals surface area (Å²) in [6.07, 6.45) is -4.06. The first kappa shape index (κ1) is 108. The zero-order valence-electron chi connectivity index (χ0n) is 78.3. The molecule has 17 amide bonds. The lowest BCUT2D eigenvalue weighted by Gasteiger charge is -2.37. The molecule has 0 saturated carbocycles. The molecule has 1 aromatic heterocycles. The third-order valence-corrected chi connectivity index (χ3v) is 24.3. The van der Waals surface area contributed by atoms with Gasteiger partial charge in [-0.2, -0.15) is 0 Å². The van der Waals surface area contributed by atoms with E-state index in [-0.39, 0.29) is 51.2 Å². The van der Waals surface area contributed by atoms with Crippen molar-refractivity contribution in [3.05, 3.63) is 71.9 Å². The number of aliphatic carboxylic acids is 1. The van der Waals surface area contributed by atoms with E-state index < -0.39 is 276 Å². The predicted molar refractivity (Wildman–Crippen MR) is 478 cm³/mol. The third kappa shape index (κ3) is 29.6. The number of aliphatic hydroxyl groups is 4. The minimum absolute atomic E-state index is 0.0182. The summed E-state index contributed by atoms with van der Waals surface area (Å²) in [5.41, 5.74) is -1.63. The van der Waals surface area contributed by atoms with Gasteiger partial charge in [0.25, 0.3) is 0 Å². The molecule has 131 heavy (non-hydrogen) atoms. The molecule has 3 saturated heterocycles. The molecular weight excluding hydrogens is 1700 g/mol. The van der Waals surface area contributed by atoms with E-state index in [0.29, 0.717) is 31.2 Å². The number of fused-ring (bicyclic) bond motifs is 1. The van der Waals surface area contributed by atoms with Gasteiger partial charge >= 0.3 is 5.97 Å². The maximum absolute atomic E-state index is 14.8. The lowest BCUT2D eigenvalue weighted by molar-refractivity contribution is -0.148. The van der Waals surface area contributed by atoms with Gasteiger partial charge in [0.2, 0.25) is 100 Å². The summed E-state index contributed by atoms with van der Waals surface area (Å²) in [6.45, 7) is 24.7. The number of likely N-dealkylation sites (tertiary alicyclic amines) is 3. The van der Waals surface area contributed by atoms with E-state index in [4.69, 9.17) is 5.73 Å². The van der Waals surface area contributed by atoms with Gasteiger partial charge in [0.15, 0.2) is 0 Å². The van der Waals surface area contributed by atoms with Crippen LogP contribution in [0.3, 0.4) is 0 Å². The first-order valence-corrected chi connectivity index (χ1v) is 44.7. The normalized spacial score (nSPS) is 19.5. The fraction of sp³-hybridized carbons (Fsp3) is 0.644. The van der Waals surface area contributed by atoms with Crippen LogP contribution < -0.4 is 74.9 Å². The van der Waals surface area contributed by atoms with Crippen molar-refractivity contribution in [1.82, 2.24) is 88.8 Å². The van der Waals surface area contributed by atoms with Gasteiger partial charge in [-0.25, -0.2) is 0 Å². The monoisotopic (exact) mass is 1840 g/mol. The Morgan fingerprint density at radius 2 is 0.985 bits per heavy atom. The Kier molecular flexibility index (Phi) is 38.7. The van der Waals surface area contributed by atoms with Crippen molar-refractivity contribution in [3.63, 3.8) is 0 Å². The van der Waals surface area contributed by atoms with Crippen LogP contribution in [0, 0.1) is 17.8 Å². The van der Waals surface area contributed by atoms with Crippen molar-refractivity contribution < 1.29 is 112 Å². The summed E-state index contributed by atoms with van der Waals surface area (Å²) < 4.78 is 0. The average molecular weight is 1840 g/mol. The Bertz CT molecular complexity index is 4630. The number of carboxylic acids is 1. The molecule has 726 valence electrons. The lowest BCUT2D eigenvalue weighted by Crippen LogP contribution is -2.66. The van der Waals surface area contributed by atoms with E-state index in [1.165, 1.54) is 81.1 Å². The number of aromatic amines is 1. The number of para-hydroxylation sites is 1. The molecule has 3 aliphatic heterocycles. The molecule has 0 aliphatic carbocycles. The Morgan fingerprint density at radius 1 is 0.496 bits per heavy atom. The van der Waals surface area contributed by atoms with Crippen LogP contribution in [0.4, 0.5) is 0 Å². The number of hydrogen-bond donors (Lipinski definition) is 20. The number of benzene rings is 2. The molecule has 6 rings (SSSR count). The summed E-state index contributed by atoms with van der Waals surface area (Å²) in [5.74, 6) is -18.0. The molecule has 3 fully saturated rings. The summed E-state index contributed by atoms with van der Waals surface area (Å²) in [4.78, 5) is 259. The number of carboxylic acid groups (broad SMARTS) is 1. The highest BCUT2D eigenvalue weighted by Crippen LogP contribution is 2.30. The largest absolute Gasteiger partial charge is 0.481 e. The number of aliphatic hydroxyl groups excluding tert-OH is 4. The summed E-state index contributed by atoms with van der Waals surface area (Å²) >= 11 is 0. The van der Waals surface area contributed by atoms with E-state index in [1.54, 1.807) is 47.7 Å². The molecule has 2 aromatic carbocycles. The Balaban J connectivity index is 1.09. The first-order valence-electron chi connectivity index (χ1n) is 44.7. The number of aromatic nitrogens is 1. The zero-order valence-corrected chi connectivity index (χ0v) is 78.3. The van der Waals surface area contributed by atoms with Gasteiger partial charge in [-0.3, -0.25) is 86.3 Å². The van der Waals surface area contributed by atoms with Gasteiger partial charge in [0.1, 0.15) is 88.1 Å². The van der Waals surface area contributed by atoms with Crippen molar-refractivity contribution in [2.75, 3.05) is 26.2 Å². The number of hydrogen-bond acceptors (Lipinski definition) is 22. The second-order valence-electron chi connectivity index (χ2n) is 37.6. The Morgan fingerprint density at radius 3 is 1.52 bits per heavy atom. The number of nitrogens with two attached hydrogens (primary N) is 1. The van der Waals surface area contributed by atoms with Gasteiger partial charge in [-0.1, -0.05) is 110 Å². The standard InChI is InChI=1S/C90H138N18O23/c1-19-48(6)68(98-71(117)62(93-51(9)111)40-53-43-92-58-31-26-25-30-57(53)58)78(124)96-60(34-36-67(115)116)73(119)105-90(18,21-3)82(128)100-69(49(7)20-2)79(125)99-70(50(8)110)80(126)104-86(10,11)81(127)97-61(38-47(4)5)74(120)102-89(16,17)84(130)107-44-55(112)41-64(107)76(122)95-59(33-35-66(91)114)72(118)101-88(14,15)85(131)108-45-56(113)42-65(108)77(123)103-87(12,13)83(129)106-37-27-32-63(106)75(121)94-54(46-109)39-52-28-23-22-24-29-52/h22-26,28-31,43,47-50,54-56,59-65,68-70,92,109-110,112-113H,19-21,27,32-42,44-46H2,1-18H3,(H2,91,114)(H,93,111)(H,94,121)(H,95,122)(H,96,124)(H,97,127)(H,98,117)(H,99,125)(H,100,128)(H,101,118)(H,102,120)(H,103,123)(H,104,126)(H,105,119)(H,115,116). The maximum Gasteiger partial charge on any atom is 0.303 e. The SMILES string of the molecule is CCC(C)C(NC(=O)C(Cc1c[nH]c2ccccc12)NC(C)=O)C(=O)NC(CCC(=O)O)C(=O)NC(C)(CC)C(=O)NC(C(=O)NC(C(=O)NC(C)(C)C(=O)NC(CC(C)C)C(=O)NC(C)(C)C(=O)N1CC(O)CC1C(=O)NC(CCC(N)=O)C(=O)NC(C)(C)C(=O)N1CC(O)CC1C(=O)NC(C)(C)C(=O)N1CCCC1C(=O)NC(CO)Cc1ccccc1)C(C)O)C(C)CC. The molecule has 17 atom stereocenters. The molecule has 3 aromatic rings. The fourth-order valence-electron chi connectivity index (χ4n) is 16.0. The molecule has 4 heterocycles. The van der Waals surface area contributed by atoms with Crippen molar-refractivity contribution in [2.24, 2.45) is 23.5 Å². The van der Waals surface area contributed by atoms with Crippen molar-refractivity contribution >= 4 is 117 Å². The molecule has 17 unspecified atom stereocenters. The maximum atomic E-state index is 14.8. The Labute approximate surface area is 763 Å². The number of nitrogens with one attached hydrogen (secondary N) is 14. The van der Waals surface area contributed by atoms with Crippen LogP contribution in [-0.2, 0) is 99.1 Å². The zero-order chi connectivity index (χ0) is 98.4. The van der Waals surface area contributed by atoms with Crippen LogP contribution in [0.15, 0.2) is 60.8 Å². The van der Waals surface area contributed by atoms with Gasteiger partial charge < -0.3 is 120 Å². The quantitative estimate of drug-likeness (QED) is 0.0299. The number of H-pyrrole nitrogens is 1. The number of carbonyl (C=O) groups is 18. The van der Waals surface area contributed by atoms with E-state index in [9.17, 15) is 112 Å². The highest BCUT2D eigenvalue weighted by molar-refractivity contribution is 6.04. The van der Waals surface area contributed by atoms with E-state index in [2.05, 4.69) is 74.1 Å². The number of nitrogens with zero attached hydrogens (tertiary/aromatic N) is 3. The highest BCUT2D eigenvalue weighted by atomic mass is 16.4. The first-order chi connectivity index (χ1) is 61.0. The number of rotatable bonds is 47. The van der Waals surface area contributed by atoms with Crippen molar-refractivity contribution in [3.8, 4) is 0 Å². The molecule has 0 radical (unpaired) electrons. The molecule has 41 heteroatoms. The van der Waals surface area contributed by atoms with Gasteiger partial charge in [-0.15, -0.1) is 0 Å². The summed E-state index contributed by atoms with van der Waals surface area (Å²) in [5, 5.41) is 87.9. The third-order valence-electron chi connectivity index (χ3n) is 24.3. The minimum Gasteiger partial charge on any atom is -0.481 e. The second-order valence-corrected chi connectivity index (χ2v) is 37.6. The van der Waals surface area contributed by atoms with Crippen LogP contribution >= 0.6 is 0 Å². The van der Waals surface area contributed by atoms with Crippen molar-refractivity contribution in [1.29, 1.82) is 0 Å². The molecule has 3 aliphatic rings. The smallest absolute Gasteiger partial charge is 0.303 e. The molecule has 21 N–H and O–H groups in total. The second kappa shape index (κ2) is 46.9. The topological polar surface area (TPSA) is 616 Å². The van der Waals surface area contributed by atoms with Crippen molar-refractivity contribution in [2.45, 2.75) is 327 Å². The van der Waals surface area contributed by atoms with Crippen LogP contribution in [-0.4, -0.2) is 290 Å². The molecule has 41 nitrogen and oxygen atoms in total. The van der Waals surface area contributed by atoms with Crippen LogP contribution in [0.25, 0.3) is 10.9 Å². The predicted octanol–water partition coefficient (Wildman–Crippen LogP) is -1.73. The van der Waals surface area contributed by atoms with Crippen LogP contribution in [0.2, 0.25) is 0 Å². The molecule has 0 bridgehead atoms. The fourth-order valence-corrected chi connectivity index (χ4v) is 16.0. The van der Waals surface area contributed by atoms with E-state index in [1.807, 2.05) is 54.6 Å². The van der Waals surface area contributed by atoms with Crippen LogP contribution in [0.1, 0.15) is 213 Å². The van der Waals surface area contributed by atoms with E-state index in [0.717, 1.165) is 33.2 Å². The minimum atomic E-state index is -1.98.